The van der Waals surface area contributed by atoms with Crippen molar-refractivity contribution in [3.8, 4) is 11.1 Å². The molecule has 0 unspecified atom stereocenters. The topological polar surface area (TPSA) is 12.9 Å². The Balaban J connectivity index is 2.64. The number of hydrogen-bond acceptors (Lipinski definition) is 1. The molecule has 0 saturated carbocycles. The Labute approximate surface area is 103 Å². The third kappa shape index (κ3) is 2.25. The van der Waals surface area contributed by atoms with Crippen LogP contribution in [0.4, 0.5) is 0 Å². The maximum atomic E-state index is 6.05. The fourth-order valence-corrected chi connectivity index (χ4v) is 1.89. The predicted octanol–water partition coefficient (Wildman–Crippen LogP) is 4.71. The summed E-state index contributed by atoms with van der Waals surface area (Å²) in [6.45, 7) is 0. The van der Waals surface area contributed by atoms with Gasteiger partial charge in [-0.05, 0) is 12.1 Å². The molecule has 0 radical (unpaired) electrons. The largest absolute Gasteiger partial charge is 0.242 e. The summed E-state index contributed by atoms with van der Waals surface area (Å²) < 4.78 is 0. The highest BCUT2D eigenvalue weighted by Gasteiger charge is 2.08. The van der Waals surface area contributed by atoms with E-state index in [9.17, 15) is 0 Å². The molecule has 76 valence electrons. The molecule has 0 spiro atoms. The van der Waals surface area contributed by atoms with Crippen molar-refractivity contribution in [2.75, 3.05) is 0 Å². The van der Waals surface area contributed by atoms with Gasteiger partial charge in [-0.1, -0.05) is 53.0 Å². The molecule has 1 nitrogen and oxygen atoms in total. The van der Waals surface area contributed by atoms with Crippen molar-refractivity contribution >= 4 is 34.8 Å². The van der Waals surface area contributed by atoms with Crippen LogP contribution >= 0.6 is 34.8 Å². The molecule has 0 atom stereocenters. The Morgan fingerprint density at radius 3 is 2.40 bits per heavy atom. The lowest BCUT2D eigenvalue weighted by molar-refractivity contribution is 1.33. The number of nitrogens with zero attached hydrogens (tertiary/aromatic N) is 1. The van der Waals surface area contributed by atoms with E-state index in [1.807, 2.05) is 18.2 Å². The van der Waals surface area contributed by atoms with E-state index in [1.165, 1.54) is 6.20 Å². The predicted molar refractivity (Wildman–Crippen MR) is 64.7 cm³/mol. The van der Waals surface area contributed by atoms with E-state index < -0.39 is 0 Å². The number of aromatic nitrogens is 1. The van der Waals surface area contributed by atoms with Crippen molar-refractivity contribution in [2.45, 2.75) is 0 Å². The Morgan fingerprint density at radius 2 is 1.67 bits per heavy atom. The van der Waals surface area contributed by atoms with Gasteiger partial charge in [0.15, 0.2) is 0 Å². The van der Waals surface area contributed by atoms with Crippen molar-refractivity contribution in [1.29, 1.82) is 0 Å². The van der Waals surface area contributed by atoms with Crippen LogP contribution in [0.15, 0.2) is 36.5 Å². The molecule has 0 aliphatic carbocycles. The lowest BCUT2D eigenvalue weighted by atomic mass is 10.1. The van der Waals surface area contributed by atoms with E-state index in [0.717, 1.165) is 11.1 Å². The molecule has 1 heterocycles. The molecule has 2 aromatic rings. The zero-order valence-electron chi connectivity index (χ0n) is 7.55. The van der Waals surface area contributed by atoms with Crippen LogP contribution in [0, 0.1) is 0 Å². The van der Waals surface area contributed by atoms with Crippen molar-refractivity contribution in [3.05, 3.63) is 51.7 Å². The summed E-state index contributed by atoms with van der Waals surface area (Å²) in [6, 6.07) is 9.17. The van der Waals surface area contributed by atoms with Gasteiger partial charge in [0.25, 0.3) is 0 Å². The van der Waals surface area contributed by atoms with Crippen molar-refractivity contribution in [1.82, 2.24) is 4.98 Å². The summed E-state index contributed by atoms with van der Waals surface area (Å²) in [4.78, 5) is 3.97. The fourth-order valence-electron chi connectivity index (χ4n) is 1.29. The van der Waals surface area contributed by atoms with Gasteiger partial charge in [-0.3, -0.25) is 0 Å². The van der Waals surface area contributed by atoms with E-state index in [2.05, 4.69) is 4.98 Å². The van der Waals surface area contributed by atoms with E-state index in [-0.39, 0.29) is 0 Å². The van der Waals surface area contributed by atoms with Gasteiger partial charge < -0.3 is 0 Å². The minimum absolute atomic E-state index is 0.396. The summed E-state index contributed by atoms with van der Waals surface area (Å²) in [5.74, 6) is 0. The first-order valence-corrected chi connectivity index (χ1v) is 5.38. The molecule has 0 aliphatic heterocycles. The van der Waals surface area contributed by atoms with Gasteiger partial charge in [0, 0.05) is 22.3 Å². The van der Waals surface area contributed by atoms with E-state index in [1.54, 1.807) is 12.1 Å². The maximum Gasteiger partial charge on any atom is 0.136 e. The first-order chi connectivity index (χ1) is 7.18. The van der Waals surface area contributed by atoms with Gasteiger partial charge in [-0.15, -0.1) is 0 Å². The minimum atomic E-state index is 0.396. The highest BCUT2D eigenvalue weighted by molar-refractivity contribution is 6.36. The fraction of sp³-hybridized carbons (Fsp3) is 0. The van der Waals surface area contributed by atoms with Crippen LogP contribution in [-0.4, -0.2) is 4.98 Å². The first kappa shape index (κ1) is 10.7. The summed E-state index contributed by atoms with van der Waals surface area (Å²) in [7, 11) is 0. The van der Waals surface area contributed by atoms with Crippen molar-refractivity contribution < 1.29 is 0 Å². The molecule has 15 heavy (non-hydrogen) atoms. The van der Waals surface area contributed by atoms with Crippen LogP contribution in [0.2, 0.25) is 15.2 Å². The Morgan fingerprint density at radius 1 is 0.933 bits per heavy atom. The van der Waals surface area contributed by atoms with Gasteiger partial charge in [-0.25, -0.2) is 4.98 Å². The third-order valence-electron chi connectivity index (χ3n) is 1.97. The second kappa shape index (κ2) is 4.40. The quantitative estimate of drug-likeness (QED) is 0.675. The van der Waals surface area contributed by atoms with Crippen molar-refractivity contribution in [3.63, 3.8) is 0 Å². The maximum absolute atomic E-state index is 6.05. The normalized spacial score (nSPS) is 10.3. The average molecular weight is 259 g/mol. The second-order valence-electron chi connectivity index (χ2n) is 2.97. The monoisotopic (exact) mass is 257 g/mol. The zero-order valence-corrected chi connectivity index (χ0v) is 9.81. The number of halogens is 3. The molecule has 0 amide bonds. The van der Waals surface area contributed by atoms with Gasteiger partial charge in [0.2, 0.25) is 0 Å². The standard InChI is InChI=1S/C11H6Cl3N/c12-7-5-9(11(14)15-6-7)8-3-1-2-4-10(8)13/h1-6H. The summed E-state index contributed by atoms with van der Waals surface area (Å²) in [6.07, 6.45) is 1.50. The molecule has 1 aromatic heterocycles. The van der Waals surface area contributed by atoms with E-state index >= 15 is 0 Å². The van der Waals surface area contributed by atoms with E-state index in [0.29, 0.717) is 15.2 Å². The molecular weight excluding hydrogens is 252 g/mol. The minimum Gasteiger partial charge on any atom is -0.242 e. The van der Waals surface area contributed by atoms with Crippen LogP contribution in [0.3, 0.4) is 0 Å². The number of benzene rings is 1. The molecule has 0 fully saturated rings. The zero-order chi connectivity index (χ0) is 10.8. The Kier molecular flexibility index (Phi) is 3.15. The molecule has 0 saturated heterocycles. The molecule has 0 N–H and O–H groups in total. The lowest BCUT2D eigenvalue weighted by Gasteiger charge is -2.05. The molecule has 1 aromatic carbocycles. The van der Waals surface area contributed by atoms with E-state index in [4.69, 9.17) is 34.8 Å². The Hall–Kier alpha value is -0.760. The average Bonchev–Trinajstić information content (AvgIpc) is 2.23. The smallest absolute Gasteiger partial charge is 0.136 e. The molecule has 4 heteroatoms. The number of hydrogen-bond donors (Lipinski definition) is 0. The van der Waals surface area contributed by atoms with Gasteiger partial charge in [0.1, 0.15) is 5.15 Å². The lowest BCUT2D eigenvalue weighted by Crippen LogP contribution is -1.84. The van der Waals surface area contributed by atoms with Crippen LogP contribution in [0.25, 0.3) is 11.1 Å². The first-order valence-electron chi connectivity index (χ1n) is 4.24. The summed E-state index contributed by atoms with van der Waals surface area (Å²) in [5, 5.41) is 1.56. The number of pyridine rings is 1. The number of rotatable bonds is 1. The molecule has 2 rings (SSSR count). The molecule has 0 aliphatic rings. The Bertz CT molecular complexity index is 497. The molecule has 0 bridgehead atoms. The second-order valence-corrected chi connectivity index (χ2v) is 4.17. The van der Waals surface area contributed by atoms with Gasteiger partial charge in [-0.2, -0.15) is 0 Å². The molecular formula is C11H6Cl3N. The van der Waals surface area contributed by atoms with Gasteiger partial charge >= 0.3 is 0 Å². The van der Waals surface area contributed by atoms with Crippen LogP contribution < -0.4 is 0 Å². The highest BCUT2D eigenvalue weighted by Crippen LogP contribution is 2.33. The van der Waals surface area contributed by atoms with Crippen LogP contribution in [0.1, 0.15) is 0 Å². The summed E-state index contributed by atoms with van der Waals surface area (Å²) >= 11 is 17.9. The van der Waals surface area contributed by atoms with Crippen LogP contribution in [-0.2, 0) is 0 Å². The summed E-state index contributed by atoms with van der Waals surface area (Å²) in [5.41, 5.74) is 1.58. The van der Waals surface area contributed by atoms with Crippen molar-refractivity contribution in [2.24, 2.45) is 0 Å². The highest BCUT2D eigenvalue weighted by atomic mass is 35.5. The SMILES string of the molecule is Clc1cnc(Cl)c(-c2ccccc2Cl)c1. The third-order valence-corrected chi connectivity index (χ3v) is 2.81. The van der Waals surface area contributed by atoms with Gasteiger partial charge in [0.05, 0.1) is 5.02 Å². The van der Waals surface area contributed by atoms with Crippen LogP contribution in [0.5, 0.6) is 0 Å².